The predicted octanol–water partition coefficient (Wildman–Crippen LogP) is 4.09. The van der Waals surface area contributed by atoms with E-state index in [2.05, 4.69) is 36.4 Å². The Morgan fingerprint density at radius 1 is 0.950 bits per heavy atom. The van der Waals surface area contributed by atoms with Gasteiger partial charge in [-0.05, 0) is 30.5 Å². The van der Waals surface area contributed by atoms with Gasteiger partial charge in [-0.3, -0.25) is 9.36 Å². The summed E-state index contributed by atoms with van der Waals surface area (Å²) in [6, 6.07) is 20.5. The summed E-state index contributed by atoms with van der Waals surface area (Å²) in [7, 11) is 0. The molecule has 0 saturated carbocycles. The van der Waals surface area contributed by atoms with E-state index >= 15 is 0 Å². The molecule has 2 nitrogen and oxygen atoms in total. The number of rotatable bonds is 3. The Kier molecular flexibility index (Phi) is 3.38. The number of hydrogen-bond donors (Lipinski definition) is 0. The zero-order valence-electron chi connectivity index (χ0n) is 11.5. The van der Waals surface area contributed by atoms with E-state index in [0.717, 1.165) is 29.4 Å². The smallest absolute Gasteiger partial charge is 0.228 e. The normalized spacial score (nSPS) is 10.8. The second-order valence-electron chi connectivity index (χ2n) is 5.03. The zero-order valence-corrected chi connectivity index (χ0v) is 11.5. The number of carbonyl (C=O) groups is 1. The van der Waals surface area contributed by atoms with Crippen molar-refractivity contribution in [2.75, 3.05) is 0 Å². The van der Waals surface area contributed by atoms with Gasteiger partial charge in [0, 0.05) is 18.0 Å². The maximum Gasteiger partial charge on any atom is 0.228 e. The molecule has 0 aliphatic carbocycles. The molecule has 0 amide bonds. The minimum atomic E-state index is 0.0780. The number of fused-ring (bicyclic) bond motifs is 1. The van der Waals surface area contributed by atoms with E-state index in [0.29, 0.717) is 0 Å². The summed E-state index contributed by atoms with van der Waals surface area (Å²) in [5.74, 6) is 0.0780. The number of carbonyl (C=O) groups excluding carboxylic acids is 1. The van der Waals surface area contributed by atoms with E-state index < -0.39 is 0 Å². The molecule has 0 atom stereocenters. The van der Waals surface area contributed by atoms with Gasteiger partial charge in [0.2, 0.25) is 5.91 Å². The largest absolute Gasteiger partial charge is 0.284 e. The molecule has 20 heavy (non-hydrogen) atoms. The zero-order chi connectivity index (χ0) is 13.9. The first-order chi connectivity index (χ1) is 9.75. The minimum absolute atomic E-state index is 0.0780. The molecule has 0 bridgehead atoms. The van der Waals surface area contributed by atoms with E-state index in [-0.39, 0.29) is 5.91 Å². The summed E-state index contributed by atoms with van der Waals surface area (Å²) in [5.41, 5.74) is 3.39. The third kappa shape index (κ3) is 2.37. The molecule has 1 aromatic heterocycles. The quantitative estimate of drug-likeness (QED) is 0.697. The fourth-order valence-electron chi connectivity index (χ4n) is 2.68. The lowest BCUT2D eigenvalue weighted by atomic mass is 10.1. The van der Waals surface area contributed by atoms with Crippen LogP contribution in [0.1, 0.15) is 23.0 Å². The van der Waals surface area contributed by atoms with Gasteiger partial charge >= 0.3 is 0 Å². The number of para-hydroxylation sites is 1. The van der Waals surface area contributed by atoms with E-state index in [1.165, 1.54) is 5.56 Å². The second-order valence-corrected chi connectivity index (χ2v) is 5.03. The standard InChI is InChI=1S/C18H17NO/c1-14(20)19-17(12-11-15-7-3-2-4-8-15)13-16-9-5-6-10-18(16)19/h2-10,13H,11-12H2,1H3. The summed E-state index contributed by atoms with van der Waals surface area (Å²) < 4.78 is 1.83. The highest BCUT2D eigenvalue weighted by Gasteiger charge is 2.11. The molecule has 0 N–H and O–H groups in total. The molecule has 0 fully saturated rings. The molecule has 1 heterocycles. The number of aryl methyl sites for hydroxylation is 2. The highest BCUT2D eigenvalue weighted by atomic mass is 16.1. The van der Waals surface area contributed by atoms with Crippen LogP contribution in [0.2, 0.25) is 0 Å². The van der Waals surface area contributed by atoms with E-state index in [9.17, 15) is 4.79 Å². The van der Waals surface area contributed by atoms with Crippen LogP contribution in [0.15, 0.2) is 60.7 Å². The Morgan fingerprint density at radius 2 is 1.65 bits per heavy atom. The van der Waals surface area contributed by atoms with Gasteiger partial charge in [0.05, 0.1) is 5.52 Å². The molecule has 3 aromatic rings. The van der Waals surface area contributed by atoms with Gasteiger partial charge in [-0.25, -0.2) is 0 Å². The van der Waals surface area contributed by atoms with Crippen molar-refractivity contribution in [3.63, 3.8) is 0 Å². The fourth-order valence-corrected chi connectivity index (χ4v) is 2.68. The first kappa shape index (κ1) is 12.7. The fraction of sp³-hybridized carbons (Fsp3) is 0.167. The molecule has 0 unspecified atom stereocenters. The Bertz CT molecular complexity index is 740. The average molecular weight is 263 g/mol. The number of benzene rings is 2. The van der Waals surface area contributed by atoms with Crippen molar-refractivity contribution in [1.82, 2.24) is 4.57 Å². The van der Waals surface area contributed by atoms with E-state index in [4.69, 9.17) is 0 Å². The maximum atomic E-state index is 11.9. The third-order valence-electron chi connectivity index (χ3n) is 3.61. The van der Waals surface area contributed by atoms with Gasteiger partial charge in [0.15, 0.2) is 0 Å². The average Bonchev–Trinajstić information content (AvgIpc) is 2.84. The summed E-state index contributed by atoms with van der Waals surface area (Å²) in [6.45, 7) is 1.62. The van der Waals surface area contributed by atoms with Crippen molar-refractivity contribution in [2.45, 2.75) is 19.8 Å². The lowest BCUT2D eigenvalue weighted by Gasteiger charge is -2.06. The highest BCUT2D eigenvalue weighted by Crippen LogP contribution is 2.21. The maximum absolute atomic E-state index is 11.9. The van der Waals surface area contributed by atoms with E-state index in [1.54, 1.807) is 6.92 Å². The van der Waals surface area contributed by atoms with Crippen molar-refractivity contribution in [1.29, 1.82) is 0 Å². The van der Waals surface area contributed by atoms with Gasteiger partial charge in [0.25, 0.3) is 0 Å². The summed E-state index contributed by atoms with van der Waals surface area (Å²) in [4.78, 5) is 11.9. The Balaban J connectivity index is 1.95. The molecule has 0 aliphatic heterocycles. The van der Waals surface area contributed by atoms with Gasteiger partial charge in [-0.2, -0.15) is 0 Å². The van der Waals surface area contributed by atoms with Gasteiger partial charge < -0.3 is 0 Å². The Hall–Kier alpha value is -2.35. The highest BCUT2D eigenvalue weighted by molar-refractivity contribution is 5.92. The van der Waals surface area contributed by atoms with Crippen molar-refractivity contribution in [3.8, 4) is 0 Å². The third-order valence-corrected chi connectivity index (χ3v) is 3.61. The SMILES string of the molecule is CC(=O)n1c(CCc2ccccc2)cc2ccccc21. The topological polar surface area (TPSA) is 22.0 Å². The van der Waals surface area contributed by atoms with Crippen LogP contribution in [0.5, 0.6) is 0 Å². The number of hydrogen-bond acceptors (Lipinski definition) is 1. The van der Waals surface area contributed by atoms with Crippen molar-refractivity contribution < 1.29 is 4.79 Å². The summed E-state index contributed by atoms with van der Waals surface area (Å²) >= 11 is 0. The van der Waals surface area contributed by atoms with Crippen molar-refractivity contribution >= 4 is 16.8 Å². The van der Waals surface area contributed by atoms with E-state index in [1.807, 2.05) is 28.8 Å². The van der Waals surface area contributed by atoms with Crippen LogP contribution in [-0.4, -0.2) is 10.5 Å². The summed E-state index contributed by atoms with van der Waals surface area (Å²) in [6.07, 6.45) is 1.82. The molecule has 2 aromatic carbocycles. The molecule has 3 rings (SSSR count). The first-order valence-corrected chi connectivity index (χ1v) is 6.90. The number of aromatic nitrogens is 1. The molecule has 0 radical (unpaired) electrons. The van der Waals surface area contributed by atoms with Crippen LogP contribution in [0.4, 0.5) is 0 Å². The van der Waals surface area contributed by atoms with Crippen LogP contribution < -0.4 is 0 Å². The molecular weight excluding hydrogens is 246 g/mol. The molecule has 0 aliphatic rings. The number of nitrogens with zero attached hydrogens (tertiary/aromatic N) is 1. The van der Waals surface area contributed by atoms with Crippen LogP contribution in [-0.2, 0) is 12.8 Å². The lowest BCUT2D eigenvalue weighted by Crippen LogP contribution is -2.10. The molecule has 0 saturated heterocycles. The van der Waals surface area contributed by atoms with Crippen LogP contribution >= 0.6 is 0 Å². The molecule has 0 spiro atoms. The first-order valence-electron chi connectivity index (χ1n) is 6.90. The monoisotopic (exact) mass is 263 g/mol. The molecular formula is C18H17NO. The minimum Gasteiger partial charge on any atom is -0.284 e. The van der Waals surface area contributed by atoms with Crippen LogP contribution in [0.3, 0.4) is 0 Å². The molecule has 2 heteroatoms. The van der Waals surface area contributed by atoms with Crippen LogP contribution in [0.25, 0.3) is 10.9 Å². The second kappa shape index (κ2) is 5.33. The van der Waals surface area contributed by atoms with Gasteiger partial charge in [-0.15, -0.1) is 0 Å². The van der Waals surface area contributed by atoms with Gasteiger partial charge in [0.1, 0.15) is 0 Å². The van der Waals surface area contributed by atoms with Crippen molar-refractivity contribution in [2.24, 2.45) is 0 Å². The summed E-state index contributed by atoms with van der Waals surface area (Å²) in [5, 5.41) is 1.13. The Labute approximate surface area is 118 Å². The Morgan fingerprint density at radius 3 is 2.40 bits per heavy atom. The van der Waals surface area contributed by atoms with Crippen molar-refractivity contribution in [3.05, 3.63) is 71.9 Å². The lowest BCUT2D eigenvalue weighted by molar-refractivity contribution is 0.0939. The predicted molar refractivity (Wildman–Crippen MR) is 82.1 cm³/mol. The van der Waals surface area contributed by atoms with Crippen LogP contribution in [0, 0.1) is 0 Å². The van der Waals surface area contributed by atoms with Gasteiger partial charge in [-0.1, -0.05) is 48.5 Å². The molecule has 100 valence electrons.